The highest BCUT2D eigenvalue weighted by molar-refractivity contribution is 5.97. The van der Waals surface area contributed by atoms with Crippen molar-refractivity contribution in [3.63, 3.8) is 0 Å². The molecular weight excluding hydrogens is 242 g/mol. The van der Waals surface area contributed by atoms with Crippen molar-refractivity contribution in [2.75, 3.05) is 13.7 Å². The zero-order valence-electron chi connectivity index (χ0n) is 9.84. The molecule has 0 aliphatic heterocycles. The van der Waals surface area contributed by atoms with Gasteiger partial charge in [0.2, 0.25) is 0 Å². The molecule has 0 aliphatic carbocycles. The quantitative estimate of drug-likeness (QED) is 0.342. The summed E-state index contributed by atoms with van der Waals surface area (Å²) in [5.41, 5.74) is -0.717. The van der Waals surface area contributed by atoms with E-state index < -0.39 is 16.6 Å². The number of hydrogen-bond acceptors (Lipinski definition) is 6. The summed E-state index contributed by atoms with van der Waals surface area (Å²) >= 11 is 0. The first kappa shape index (κ1) is 13.6. The van der Waals surface area contributed by atoms with E-state index in [1.165, 1.54) is 13.2 Å². The Morgan fingerprint density at radius 3 is 2.61 bits per heavy atom. The molecule has 0 heterocycles. The maximum Gasteiger partial charge on any atom is 0.345 e. The molecule has 0 N–H and O–H groups in total. The van der Waals surface area contributed by atoms with Crippen LogP contribution in [0.15, 0.2) is 12.1 Å². The van der Waals surface area contributed by atoms with Gasteiger partial charge in [0.05, 0.1) is 18.6 Å². The fourth-order valence-corrected chi connectivity index (χ4v) is 1.41. The summed E-state index contributed by atoms with van der Waals surface area (Å²) in [4.78, 5) is 32.5. The van der Waals surface area contributed by atoms with Gasteiger partial charge >= 0.3 is 11.7 Å². The summed E-state index contributed by atoms with van der Waals surface area (Å²) in [6.07, 6.45) is 0.467. The van der Waals surface area contributed by atoms with Gasteiger partial charge in [0.15, 0.2) is 5.75 Å². The van der Waals surface area contributed by atoms with E-state index in [-0.39, 0.29) is 23.5 Å². The van der Waals surface area contributed by atoms with Gasteiger partial charge in [-0.15, -0.1) is 0 Å². The van der Waals surface area contributed by atoms with Gasteiger partial charge in [-0.05, 0) is 19.1 Å². The van der Waals surface area contributed by atoms with E-state index in [0.29, 0.717) is 6.29 Å². The van der Waals surface area contributed by atoms with Crippen LogP contribution in [-0.2, 0) is 4.74 Å². The van der Waals surface area contributed by atoms with Crippen LogP contribution in [0.3, 0.4) is 0 Å². The van der Waals surface area contributed by atoms with E-state index in [0.717, 1.165) is 6.07 Å². The van der Waals surface area contributed by atoms with E-state index in [4.69, 9.17) is 9.47 Å². The lowest BCUT2D eigenvalue weighted by Gasteiger charge is -2.07. The fraction of sp³-hybridized carbons (Fsp3) is 0.273. The van der Waals surface area contributed by atoms with Gasteiger partial charge in [-0.1, -0.05) is 0 Å². The molecule has 0 radical (unpaired) electrons. The molecule has 0 aromatic heterocycles. The lowest BCUT2D eigenvalue weighted by atomic mass is 10.1. The monoisotopic (exact) mass is 253 g/mol. The van der Waals surface area contributed by atoms with Crippen molar-refractivity contribution in [3.8, 4) is 5.75 Å². The molecule has 0 atom stereocenters. The molecule has 7 heteroatoms. The number of nitro groups is 1. The standard InChI is InChI=1S/C11H11NO6/c1-3-18-11(14)8-4-7(6-13)5-9(17-2)10(8)12(15)16/h4-6H,3H2,1-2H3. The van der Waals surface area contributed by atoms with Crippen LogP contribution in [0, 0.1) is 10.1 Å². The van der Waals surface area contributed by atoms with E-state index in [9.17, 15) is 19.7 Å². The second-order valence-corrected chi connectivity index (χ2v) is 3.21. The molecule has 0 unspecified atom stereocenters. The molecule has 0 bridgehead atoms. The number of rotatable bonds is 5. The first-order valence-corrected chi connectivity index (χ1v) is 5.03. The molecule has 0 saturated carbocycles. The lowest BCUT2D eigenvalue weighted by molar-refractivity contribution is -0.386. The molecule has 0 amide bonds. The highest BCUT2D eigenvalue weighted by Crippen LogP contribution is 2.32. The normalized spacial score (nSPS) is 9.67. The van der Waals surface area contributed by atoms with E-state index in [1.807, 2.05) is 0 Å². The van der Waals surface area contributed by atoms with Gasteiger partial charge in [-0.3, -0.25) is 14.9 Å². The van der Waals surface area contributed by atoms with Gasteiger partial charge in [0.1, 0.15) is 11.8 Å². The Bertz CT molecular complexity index is 497. The molecule has 0 fully saturated rings. The van der Waals surface area contributed by atoms with Gasteiger partial charge < -0.3 is 9.47 Å². The predicted molar refractivity (Wildman–Crippen MR) is 61.0 cm³/mol. The number of methoxy groups -OCH3 is 1. The lowest BCUT2D eigenvalue weighted by Crippen LogP contribution is -2.10. The Balaban J connectivity index is 3.48. The van der Waals surface area contributed by atoms with Gasteiger partial charge in [-0.25, -0.2) is 4.79 Å². The Morgan fingerprint density at radius 1 is 1.50 bits per heavy atom. The molecule has 18 heavy (non-hydrogen) atoms. The molecular formula is C11H11NO6. The summed E-state index contributed by atoms with van der Waals surface area (Å²) in [7, 11) is 1.21. The Morgan fingerprint density at radius 2 is 2.17 bits per heavy atom. The third-order valence-electron chi connectivity index (χ3n) is 2.13. The van der Waals surface area contributed by atoms with Crippen molar-refractivity contribution < 1.29 is 24.0 Å². The smallest absolute Gasteiger partial charge is 0.345 e. The van der Waals surface area contributed by atoms with Gasteiger partial charge in [-0.2, -0.15) is 0 Å². The molecule has 96 valence electrons. The van der Waals surface area contributed by atoms with Crippen molar-refractivity contribution in [1.82, 2.24) is 0 Å². The second kappa shape index (κ2) is 5.76. The highest BCUT2D eigenvalue weighted by atomic mass is 16.6. The van der Waals surface area contributed by atoms with Crippen molar-refractivity contribution in [2.45, 2.75) is 6.92 Å². The minimum atomic E-state index is -0.869. The first-order chi connectivity index (χ1) is 8.54. The molecule has 1 aromatic rings. The van der Waals surface area contributed by atoms with E-state index in [2.05, 4.69) is 0 Å². The molecule has 0 saturated heterocycles. The maximum absolute atomic E-state index is 11.6. The van der Waals surface area contributed by atoms with Crippen LogP contribution in [0.1, 0.15) is 27.6 Å². The zero-order chi connectivity index (χ0) is 13.7. The number of nitrogens with zero attached hydrogens (tertiary/aromatic N) is 1. The number of nitro benzene ring substituents is 1. The SMILES string of the molecule is CCOC(=O)c1cc(C=O)cc(OC)c1[N+](=O)[O-]. The second-order valence-electron chi connectivity index (χ2n) is 3.21. The van der Waals surface area contributed by atoms with Crippen molar-refractivity contribution >= 4 is 17.9 Å². The van der Waals surface area contributed by atoms with Crippen molar-refractivity contribution in [3.05, 3.63) is 33.4 Å². The van der Waals surface area contributed by atoms with Crippen LogP contribution in [0.2, 0.25) is 0 Å². The number of ether oxygens (including phenoxy) is 2. The molecule has 1 aromatic carbocycles. The van der Waals surface area contributed by atoms with Crippen molar-refractivity contribution in [1.29, 1.82) is 0 Å². The van der Waals surface area contributed by atoms with Crippen LogP contribution in [-0.4, -0.2) is 30.9 Å². The number of benzene rings is 1. The summed E-state index contributed by atoms with van der Waals surface area (Å²) < 4.78 is 9.51. The van der Waals surface area contributed by atoms with Crippen molar-refractivity contribution in [2.24, 2.45) is 0 Å². The minimum absolute atomic E-state index is 0.0730. The summed E-state index contributed by atoms with van der Waals surface area (Å²) in [6, 6.07) is 2.29. The third-order valence-corrected chi connectivity index (χ3v) is 2.13. The summed E-state index contributed by atoms with van der Waals surface area (Å²) in [5, 5.41) is 10.9. The Hall–Kier alpha value is -2.44. The van der Waals surface area contributed by atoms with Crippen LogP contribution < -0.4 is 4.74 Å². The van der Waals surface area contributed by atoms with E-state index in [1.54, 1.807) is 6.92 Å². The minimum Gasteiger partial charge on any atom is -0.490 e. The maximum atomic E-state index is 11.6. The van der Waals surface area contributed by atoms with Crippen LogP contribution >= 0.6 is 0 Å². The number of carbonyl (C=O) groups excluding carboxylic acids is 2. The predicted octanol–water partition coefficient (Wildman–Crippen LogP) is 1.59. The molecule has 0 aliphatic rings. The fourth-order valence-electron chi connectivity index (χ4n) is 1.41. The average Bonchev–Trinajstić information content (AvgIpc) is 2.36. The molecule has 1 rings (SSSR count). The van der Waals surface area contributed by atoms with E-state index >= 15 is 0 Å². The summed E-state index contributed by atoms with van der Waals surface area (Å²) in [5.74, 6) is -1.03. The number of aldehydes is 1. The Labute approximate surface area is 102 Å². The highest BCUT2D eigenvalue weighted by Gasteiger charge is 2.27. The zero-order valence-corrected chi connectivity index (χ0v) is 9.84. The average molecular weight is 253 g/mol. The molecule has 0 spiro atoms. The largest absolute Gasteiger partial charge is 0.490 e. The number of hydrogen-bond donors (Lipinski definition) is 0. The number of esters is 1. The Kier molecular flexibility index (Phi) is 4.36. The van der Waals surface area contributed by atoms with Crippen LogP contribution in [0.5, 0.6) is 5.75 Å². The summed E-state index contributed by atoms with van der Waals surface area (Å²) in [6.45, 7) is 1.65. The number of carbonyl (C=O) groups is 2. The third kappa shape index (κ3) is 2.62. The van der Waals surface area contributed by atoms with Crippen LogP contribution in [0.4, 0.5) is 5.69 Å². The van der Waals surface area contributed by atoms with Gasteiger partial charge in [0, 0.05) is 5.56 Å². The van der Waals surface area contributed by atoms with Crippen LogP contribution in [0.25, 0.3) is 0 Å². The van der Waals surface area contributed by atoms with Gasteiger partial charge in [0.25, 0.3) is 0 Å². The first-order valence-electron chi connectivity index (χ1n) is 5.03. The topological polar surface area (TPSA) is 95.7 Å². The molecule has 7 nitrogen and oxygen atoms in total.